The van der Waals surface area contributed by atoms with Crippen molar-refractivity contribution in [2.24, 2.45) is 0 Å². The van der Waals surface area contributed by atoms with Gasteiger partial charge < -0.3 is 5.32 Å². The maximum atomic E-state index is 3.78. The average molecular weight is 339 g/mol. The summed E-state index contributed by atoms with van der Waals surface area (Å²) < 4.78 is 1.15. The standard InChI is InChI=1S/C17H27BrN2/c1-13(14-5-7-15(18)8-6-14)19-16-9-11-20(12-10-16)17(2,3)4/h5-8,13,16,19H,9-12H2,1-4H3. The summed E-state index contributed by atoms with van der Waals surface area (Å²) in [6, 6.07) is 9.71. The van der Waals surface area contributed by atoms with E-state index >= 15 is 0 Å². The molecule has 0 saturated carbocycles. The van der Waals surface area contributed by atoms with Crippen LogP contribution in [-0.2, 0) is 0 Å². The van der Waals surface area contributed by atoms with E-state index in [1.807, 2.05) is 0 Å². The summed E-state index contributed by atoms with van der Waals surface area (Å²) in [5.74, 6) is 0. The van der Waals surface area contributed by atoms with Gasteiger partial charge in [-0.2, -0.15) is 0 Å². The van der Waals surface area contributed by atoms with Crippen molar-refractivity contribution >= 4 is 15.9 Å². The normalized spacial score (nSPS) is 20.1. The third-order valence-electron chi connectivity index (χ3n) is 4.30. The molecule has 0 spiro atoms. The van der Waals surface area contributed by atoms with Crippen molar-refractivity contribution in [3.05, 3.63) is 34.3 Å². The fraction of sp³-hybridized carbons (Fsp3) is 0.647. The lowest BCUT2D eigenvalue weighted by molar-refractivity contribution is 0.0942. The van der Waals surface area contributed by atoms with Crippen LogP contribution in [0.15, 0.2) is 28.7 Å². The number of likely N-dealkylation sites (tertiary alicyclic amines) is 1. The third kappa shape index (κ3) is 4.31. The molecule has 1 aliphatic rings. The molecule has 3 heteroatoms. The molecule has 0 aliphatic carbocycles. The average Bonchev–Trinajstić information content (AvgIpc) is 2.39. The summed E-state index contributed by atoms with van der Waals surface area (Å²) in [5.41, 5.74) is 1.67. The van der Waals surface area contributed by atoms with E-state index in [1.165, 1.54) is 31.5 Å². The number of benzene rings is 1. The van der Waals surface area contributed by atoms with Gasteiger partial charge in [-0.25, -0.2) is 0 Å². The van der Waals surface area contributed by atoms with Gasteiger partial charge in [0, 0.05) is 35.2 Å². The Morgan fingerprint density at radius 3 is 2.20 bits per heavy atom. The maximum absolute atomic E-state index is 3.78. The van der Waals surface area contributed by atoms with Gasteiger partial charge in [0.1, 0.15) is 0 Å². The number of nitrogens with zero attached hydrogens (tertiary/aromatic N) is 1. The molecule has 1 heterocycles. The molecule has 20 heavy (non-hydrogen) atoms. The number of piperidine rings is 1. The molecule has 1 aromatic carbocycles. The second kappa shape index (κ2) is 6.59. The number of nitrogens with one attached hydrogen (secondary N) is 1. The van der Waals surface area contributed by atoms with E-state index in [1.54, 1.807) is 0 Å². The molecule has 112 valence electrons. The van der Waals surface area contributed by atoms with Crippen molar-refractivity contribution in [3.63, 3.8) is 0 Å². The molecule has 2 nitrogen and oxygen atoms in total. The van der Waals surface area contributed by atoms with E-state index in [0.29, 0.717) is 17.6 Å². The number of hydrogen-bond acceptors (Lipinski definition) is 2. The Bertz CT molecular complexity index is 414. The van der Waals surface area contributed by atoms with Gasteiger partial charge in [0.05, 0.1) is 0 Å². The van der Waals surface area contributed by atoms with Crippen LogP contribution >= 0.6 is 15.9 Å². The minimum Gasteiger partial charge on any atom is -0.307 e. The highest BCUT2D eigenvalue weighted by atomic mass is 79.9. The van der Waals surface area contributed by atoms with Crippen molar-refractivity contribution in [1.29, 1.82) is 0 Å². The Balaban J connectivity index is 1.85. The van der Waals surface area contributed by atoms with Crippen molar-refractivity contribution in [2.75, 3.05) is 13.1 Å². The second-order valence-electron chi connectivity index (χ2n) is 6.87. The lowest BCUT2D eigenvalue weighted by Crippen LogP contribution is -2.50. The van der Waals surface area contributed by atoms with Gasteiger partial charge in [-0.05, 0) is 58.2 Å². The molecular formula is C17H27BrN2. The lowest BCUT2D eigenvalue weighted by Gasteiger charge is -2.41. The fourth-order valence-corrected chi connectivity index (χ4v) is 3.18. The fourth-order valence-electron chi connectivity index (χ4n) is 2.92. The first-order valence-electron chi connectivity index (χ1n) is 7.63. The van der Waals surface area contributed by atoms with E-state index in [4.69, 9.17) is 0 Å². The second-order valence-corrected chi connectivity index (χ2v) is 7.79. The van der Waals surface area contributed by atoms with Crippen LogP contribution in [0.25, 0.3) is 0 Å². The molecule has 1 atom stereocenters. The molecule has 0 aromatic heterocycles. The van der Waals surface area contributed by atoms with Crippen LogP contribution in [0.4, 0.5) is 0 Å². The van der Waals surface area contributed by atoms with E-state index < -0.39 is 0 Å². The van der Waals surface area contributed by atoms with E-state index in [2.05, 4.69) is 78.1 Å². The van der Waals surface area contributed by atoms with Gasteiger partial charge in [0.15, 0.2) is 0 Å². The Labute approximate surface area is 132 Å². The zero-order valence-corrected chi connectivity index (χ0v) is 14.7. The molecule has 0 bridgehead atoms. The largest absolute Gasteiger partial charge is 0.307 e. The minimum atomic E-state index is 0.308. The molecule has 1 aromatic rings. The molecule has 1 fully saturated rings. The zero-order valence-electron chi connectivity index (χ0n) is 13.1. The predicted octanol–water partition coefficient (Wildman–Crippen LogP) is 4.36. The summed E-state index contributed by atoms with van der Waals surface area (Å²) in [7, 11) is 0. The summed E-state index contributed by atoms with van der Waals surface area (Å²) in [6.07, 6.45) is 2.50. The molecule has 1 unspecified atom stereocenters. The van der Waals surface area contributed by atoms with Crippen LogP contribution in [0.3, 0.4) is 0 Å². The van der Waals surface area contributed by atoms with Crippen LogP contribution in [0.2, 0.25) is 0 Å². The lowest BCUT2D eigenvalue weighted by atomic mass is 9.97. The highest BCUT2D eigenvalue weighted by Crippen LogP contribution is 2.23. The third-order valence-corrected chi connectivity index (χ3v) is 4.83. The quantitative estimate of drug-likeness (QED) is 0.880. The van der Waals surface area contributed by atoms with Gasteiger partial charge in [-0.1, -0.05) is 28.1 Å². The number of hydrogen-bond donors (Lipinski definition) is 1. The molecular weight excluding hydrogens is 312 g/mol. The summed E-state index contributed by atoms with van der Waals surface area (Å²) in [6.45, 7) is 11.6. The number of rotatable bonds is 3. The first-order chi connectivity index (χ1) is 9.36. The highest BCUT2D eigenvalue weighted by molar-refractivity contribution is 9.10. The van der Waals surface area contributed by atoms with Gasteiger partial charge >= 0.3 is 0 Å². The van der Waals surface area contributed by atoms with Crippen molar-refractivity contribution in [2.45, 2.75) is 58.2 Å². The van der Waals surface area contributed by atoms with Crippen molar-refractivity contribution < 1.29 is 0 Å². The van der Waals surface area contributed by atoms with Crippen LogP contribution in [-0.4, -0.2) is 29.6 Å². The summed E-state index contributed by atoms with van der Waals surface area (Å²) in [5, 5.41) is 3.78. The minimum absolute atomic E-state index is 0.308. The predicted molar refractivity (Wildman–Crippen MR) is 90.0 cm³/mol. The van der Waals surface area contributed by atoms with Crippen LogP contribution in [0.5, 0.6) is 0 Å². The molecule has 1 aliphatic heterocycles. The molecule has 2 rings (SSSR count). The summed E-state index contributed by atoms with van der Waals surface area (Å²) >= 11 is 3.49. The Morgan fingerprint density at radius 1 is 1.15 bits per heavy atom. The Morgan fingerprint density at radius 2 is 1.70 bits per heavy atom. The molecule has 1 saturated heterocycles. The van der Waals surface area contributed by atoms with Crippen LogP contribution in [0.1, 0.15) is 52.1 Å². The summed E-state index contributed by atoms with van der Waals surface area (Å²) in [4.78, 5) is 2.59. The number of halogens is 1. The van der Waals surface area contributed by atoms with Crippen LogP contribution in [0, 0.1) is 0 Å². The topological polar surface area (TPSA) is 15.3 Å². The smallest absolute Gasteiger partial charge is 0.0294 e. The molecule has 0 radical (unpaired) electrons. The SMILES string of the molecule is CC(NC1CCN(C(C)(C)C)CC1)c1ccc(Br)cc1. The van der Waals surface area contributed by atoms with E-state index in [0.717, 1.165) is 4.47 Å². The van der Waals surface area contributed by atoms with Crippen molar-refractivity contribution in [1.82, 2.24) is 10.2 Å². The first kappa shape index (κ1) is 16.0. The van der Waals surface area contributed by atoms with Gasteiger partial charge in [0.25, 0.3) is 0 Å². The zero-order chi connectivity index (χ0) is 14.8. The van der Waals surface area contributed by atoms with Crippen LogP contribution < -0.4 is 5.32 Å². The van der Waals surface area contributed by atoms with Gasteiger partial charge in [0.2, 0.25) is 0 Å². The highest BCUT2D eigenvalue weighted by Gasteiger charge is 2.27. The van der Waals surface area contributed by atoms with Gasteiger partial charge in [-0.15, -0.1) is 0 Å². The van der Waals surface area contributed by atoms with E-state index in [9.17, 15) is 0 Å². The Hall–Kier alpha value is -0.380. The van der Waals surface area contributed by atoms with Gasteiger partial charge in [-0.3, -0.25) is 4.90 Å². The molecule has 0 amide bonds. The maximum Gasteiger partial charge on any atom is 0.0294 e. The van der Waals surface area contributed by atoms with Crippen molar-refractivity contribution in [3.8, 4) is 0 Å². The monoisotopic (exact) mass is 338 g/mol. The van der Waals surface area contributed by atoms with E-state index in [-0.39, 0.29) is 0 Å². The molecule has 1 N–H and O–H groups in total. The first-order valence-corrected chi connectivity index (χ1v) is 8.42. The Kier molecular flexibility index (Phi) is 5.27.